The molecule has 4 rings (SSSR count). The summed E-state index contributed by atoms with van der Waals surface area (Å²) < 4.78 is 20.3. The van der Waals surface area contributed by atoms with E-state index >= 15 is 0 Å². The van der Waals surface area contributed by atoms with Crippen LogP contribution in [0.5, 0.6) is 0 Å². The van der Waals surface area contributed by atoms with Gasteiger partial charge in [0.2, 0.25) is 11.8 Å². The molecular formula is C27H38FN5O5. The molecule has 0 spiro atoms. The maximum Gasteiger partial charge on any atom is 0.410 e. The minimum Gasteiger partial charge on any atom is -0.444 e. The van der Waals surface area contributed by atoms with Crippen molar-refractivity contribution in [2.75, 3.05) is 50.7 Å². The molecule has 1 aromatic rings. The Morgan fingerprint density at radius 3 is 2.34 bits per heavy atom. The maximum atomic E-state index is 14.8. The van der Waals surface area contributed by atoms with Crippen LogP contribution in [-0.4, -0.2) is 91.1 Å². The molecule has 0 aliphatic carbocycles. The summed E-state index contributed by atoms with van der Waals surface area (Å²) in [6.07, 6.45) is 2.00. The molecule has 10 nitrogen and oxygen atoms in total. The Hall–Kier alpha value is -3.21. The zero-order valence-electron chi connectivity index (χ0n) is 22.4. The van der Waals surface area contributed by atoms with Gasteiger partial charge in [0.05, 0.1) is 5.56 Å². The van der Waals surface area contributed by atoms with Crippen molar-refractivity contribution < 1.29 is 28.3 Å². The van der Waals surface area contributed by atoms with Crippen LogP contribution < -0.4 is 15.5 Å². The van der Waals surface area contributed by atoms with Gasteiger partial charge >= 0.3 is 6.09 Å². The third-order valence-corrected chi connectivity index (χ3v) is 7.26. The van der Waals surface area contributed by atoms with E-state index in [2.05, 4.69) is 20.4 Å². The predicted molar refractivity (Wildman–Crippen MR) is 139 cm³/mol. The van der Waals surface area contributed by atoms with Crippen LogP contribution in [0.25, 0.3) is 0 Å². The fourth-order valence-electron chi connectivity index (χ4n) is 5.13. The fraction of sp³-hybridized carbons (Fsp3) is 0.630. The number of benzene rings is 1. The summed E-state index contributed by atoms with van der Waals surface area (Å²) in [5.74, 6) is -1.74. The maximum absolute atomic E-state index is 14.8. The molecule has 0 saturated carbocycles. The van der Waals surface area contributed by atoms with Crippen molar-refractivity contribution in [1.82, 2.24) is 20.4 Å². The molecule has 11 heteroatoms. The average Bonchev–Trinajstić information content (AvgIpc) is 2.85. The lowest BCUT2D eigenvalue weighted by Crippen LogP contribution is -2.52. The van der Waals surface area contributed by atoms with Crippen LogP contribution >= 0.6 is 0 Å². The molecule has 0 radical (unpaired) electrons. The average molecular weight is 532 g/mol. The van der Waals surface area contributed by atoms with Gasteiger partial charge in [0.1, 0.15) is 17.5 Å². The molecule has 3 saturated heterocycles. The molecule has 3 heterocycles. The first-order valence-corrected chi connectivity index (χ1v) is 13.4. The Morgan fingerprint density at radius 1 is 1.05 bits per heavy atom. The Morgan fingerprint density at radius 2 is 1.74 bits per heavy atom. The van der Waals surface area contributed by atoms with E-state index in [4.69, 9.17) is 4.74 Å². The normalized spacial score (nSPS) is 21.7. The van der Waals surface area contributed by atoms with Crippen LogP contribution in [-0.2, 0) is 14.3 Å². The van der Waals surface area contributed by atoms with Crippen LogP contribution in [0.3, 0.4) is 0 Å². The molecule has 1 unspecified atom stereocenters. The van der Waals surface area contributed by atoms with Gasteiger partial charge in [0.25, 0.3) is 5.91 Å². The minimum absolute atomic E-state index is 0.130. The number of imide groups is 1. The number of nitrogens with zero attached hydrogens (tertiary/aromatic N) is 3. The number of hydrogen-bond donors (Lipinski definition) is 2. The quantitative estimate of drug-likeness (QED) is 0.560. The van der Waals surface area contributed by atoms with Gasteiger partial charge in [0, 0.05) is 57.9 Å². The lowest BCUT2D eigenvalue weighted by Gasteiger charge is -2.39. The third kappa shape index (κ3) is 7.21. The van der Waals surface area contributed by atoms with Crippen molar-refractivity contribution in [3.05, 3.63) is 29.6 Å². The van der Waals surface area contributed by atoms with Crippen LogP contribution in [0.2, 0.25) is 0 Å². The number of rotatable bonds is 5. The zero-order chi connectivity index (χ0) is 27.4. The first kappa shape index (κ1) is 27.8. The lowest BCUT2D eigenvalue weighted by atomic mass is 9.96. The van der Waals surface area contributed by atoms with Crippen LogP contribution in [0.4, 0.5) is 14.9 Å². The lowest BCUT2D eigenvalue weighted by molar-refractivity contribution is -0.134. The second-order valence-corrected chi connectivity index (χ2v) is 11.3. The third-order valence-electron chi connectivity index (χ3n) is 7.26. The number of likely N-dealkylation sites (tertiary alicyclic amines) is 1. The largest absolute Gasteiger partial charge is 0.444 e. The number of anilines is 1. The second kappa shape index (κ2) is 11.7. The smallest absolute Gasteiger partial charge is 0.410 e. The summed E-state index contributed by atoms with van der Waals surface area (Å²) in [4.78, 5) is 54.3. The molecule has 3 fully saturated rings. The molecule has 208 valence electrons. The molecule has 2 N–H and O–H groups in total. The van der Waals surface area contributed by atoms with Crippen molar-refractivity contribution in [1.29, 1.82) is 0 Å². The van der Waals surface area contributed by atoms with E-state index in [0.29, 0.717) is 24.7 Å². The number of hydrogen-bond acceptors (Lipinski definition) is 7. The van der Waals surface area contributed by atoms with Gasteiger partial charge in [-0.2, -0.15) is 0 Å². The molecule has 1 aromatic carbocycles. The molecule has 4 amide bonds. The van der Waals surface area contributed by atoms with Crippen LogP contribution in [0, 0.1) is 11.7 Å². The van der Waals surface area contributed by atoms with Gasteiger partial charge in [-0.05, 0) is 64.2 Å². The highest BCUT2D eigenvalue weighted by Gasteiger charge is 2.30. The van der Waals surface area contributed by atoms with E-state index in [1.807, 2.05) is 20.8 Å². The molecule has 38 heavy (non-hydrogen) atoms. The van der Waals surface area contributed by atoms with E-state index in [-0.39, 0.29) is 30.4 Å². The Balaban J connectivity index is 1.22. The summed E-state index contributed by atoms with van der Waals surface area (Å²) in [6, 6.07) is 3.68. The monoisotopic (exact) mass is 531 g/mol. The number of amides is 4. The molecule has 3 aliphatic heterocycles. The van der Waals surface area contributed by atoms with Gasteiger partial charge in [-0.1, -0.05) is 0 Å². The first-order valence-electron chi connectivity index (χ1n) is 13.4. The van der Waals surface area contributed by atoms with Crippen LogP contribution in [0.15, 0.2) is 18.2 Å². The molecular weight excluding hydrogens is 493 g/mol. The van der Waals surface area contributed by atoms with Gasteiger partial charge in [-0.15, -0.1) is 0 Å². The molecule has 0 bridgehead atoms. The van der Waals surface area contributed by atoms with E-state index < -0.39 is 29.3 Å². The number of piperidine rings is 2. The van der Waals surface area contributed by atoms with Crippen molar-refractivity contribution in [3.8, 4) is 0 Å². The Bertz CT molecular complexity index is 1060. The van der Waals surface area contributed by atoms with Crippen molar-refractivity contribution in [2.45, 2.75) is 58.1 Å². The predicted octanol–water partition coefficient (Wildman–Crippen LogP) is 2.13. The number of ether oxygens (including phenoxy) is 1. The fourth-order valence-corrected chi connectivity index (χ4v) is 5.13. The summed E-state index contributed by atoms with van der Waals surface area (Å²) in [5, 5.41) is 4.69. The van der Waals surface area contributed by atoms with E-state index in [9.17, 15) is 23.6 Å². The van der Waals surface area contributed by atoms with Gasteiger partial charge in [-0.3, -0.25) is 24.6 Å². The SMILES string of the molecule is CC(C)(C)OC(=O)N1CCC(CN2CCN(c3ccc(C(=O)NC4CCC(=O)NC4=O)c(F)c3)CC2)CC1. The molecule has 1 atom stereocenters. The van der Waals surface area contributed by atoms with E-state index in [1.165, 1.54) is 12.1 Å². The topological polar surface area (TPSA) is 111 Å². The highest BCUT2D eigenvalue weighted by Crippen LogP contribution is 2.24. The number of carbonyl (C=O) groups excluding carboxylic acids is 4. The van der Waals surface area contributed by atoms with Crippen LogP contribution in [0.1, 0.15) is 56.8 Å². The number of halogens is 1. The zero-order valence-corrected chi connectivity index (χ0v) is 22.4. The number of carbonyl (C=O) groups is 4. The van der Waals surface area contributed by atoms with Crippen molar-refractivity contribution >= 4 is 29.5 Å². The first-order chi connectivity index (χ1) is 18.0. The highest BCUT2D eigenvalue weighted by atomic mass is 19.1. The Labute approximate surface area is 222 Å². The second-order valence-electron chi connectivity index (χ2n) is 11.3. The highest BCUT2D eigenvalue weighted by molar-refractivity contribution is 6.03. The molecule has 0 aromatic heterocycles. The van der Waals surface area contributed by atoms with E-state index in [1.54, 1.807) is 11.0 Å². The van der Waals surface area contributed by atoms with Crippen molar-refractivity contribution in [3.63, 3.8) is 0 Å². The van der Waals surface area contributed by atoms with Gasteiger partial charge in [-0.25, -0.2) is 9.18 Å². The molecule has 3 aliphatic rings. The van der Waals surface area contributed by atoms with E-state index in [0.717, 1.165) is 45.6 Å². The summed E-state index contributed by atoms with van der Waals surface area (Å²) >= 11 is 0. The summed E-state index contributed by atoms with van der Waals surface area (Å²) in [7, 11) is 0. The standard InChI is InChI=1S/C27H38FN5O5/c1-27(2,3)38-26(37)33-10-8-18(9-11-33)17-31-12-14-32(15-13-31)19-4-5-20(21(28)16-19)24(35)29-22-6-7-23(34)30-25(22)36/h4-5,16,18,22H,6-15,17H2,1-3H3,(H,29,35)(H,30,34,36). The van der Waals surface area contributed by atoms with Gasteiger partial charge < -0.3 is 19.9 Å². The number of nitrogens with one attached hydrogen (secondary N) is 2. The Kier molecular flexibility index (Phi) is 8.54. The number of piperazine rings is 1. The summed E-state index contributed by atoms with van der Waals surface area (Å²) in [6.45, 7) is 11.2. The minimum atomic E-state index is -0.850. The van der Waals surface area contributed by atoms with Gasteiger partial charge in [0.15, 0.2) is 0 Å². The summed E-state index contributed by atoms with van der Waals surface area (Å²) in [5.41, 5.74) is 0.0964. The van der Waals surface area contributed by atoms with Crippen molar-refractivity contribution in [2.24, 2.45) is 5.92 Å².